The number of fused-ring (bicyclic) bond motifs is 1. The summed E-state index contributed by atoms with van der Waals surface area (Å²) in [7, 11) is 3.08. The van der Waals surface area contributed by atoms with Crippen LogP contribution >= 0.6 is 0 Å². The van der Waals surface area contributed by atoms with Crippen LogP contribution in [0.5, 0.6) is 23.0 Å². The summed E-state index contributed by atoms with van der Waals surface area (Å²) >= 11 is 0. The largest absolute Gasteiger partial charge is 0.504 e. The van der Waals surface area contributed by atoms with Crippen molar-refractivity contribution in [1.29, 1.82) is 0 Å². The van der Waals surface area contributed by atoms with E-state index in [1.165, 1.54) is 7.11 Å². The number of benzene rings is 2. The Hall–Kier alpha value is -2.40. The van der Waals surface area contributed by atoms with Crippen molar-refractivity contribution in [3.05, 3.63) is 47.0 Å². The van der Waals surface area contributed by atoms with Crippen LogP contribution in [0, 0.1) is 0 Å². The molecule has 0 saturated heterocycles. The summed E-state index contributed by atoms with van der Waals surface area (Å²) in [5, 5.41) is 23.4. The maximum atomic E-state index is 9.94. The van der Waals surface area contributed by atoms with Gasteiger partial charge < -0.3 is 25.0 Å². The van der Waals surface area contributed by atoms with E-state index in [0.717, 1.165) is 36.1 Å². The molecule has 3 N–H and O–H groups in total. The number of ether oxygens (including phenoxy) is 2. The van der Waals surface area contributed by atoms with Gasteiger partial charge in [-0.15, -0.1) is 0 Å². The number of rotatable bonds is 4. The standard InChI is InChI=1S/C18H21NO4/c1-22-17-4-3-11(8-15(17)20)7-14-13-10-18(23-2)16(21)9-12(13)5-6-19-14/h3-4,8-10,14,19-21H,5-7H2,1-2H3/t14-/m0/s1. The Morgan fingerprint density at radius 1 is 1.04 bits per heavy atom. The third-order valence-electron chi connectivity index (χ3n) is 4.28. The second-order valence-corrected chi connectivity index (χ2v) is 5.69. The van der Waals surface area contributed by atoms with E-state index in [1.807, 2.05) is 12.1 Å². The molecule has 0 amide bonds. The molecule has 0 bridgehead atoms. The predicted molar refractivity (Wildman–Crippen MR) is 87.5 cm³/mol. The van der Waals surface area contributed by atoms with Gasteiger partial charge in [-0.25, -0.2) is 0 Å². The van der Waals surface area contributed by atoms with E-state index >= 15 is 0 Å². The maximum absolute atomic E-state index is 9.94. The van der Waals surface area contributed by atoms with Gasteiger partial charge in [-0.2, -0.15) is 0 Å². The van der Waals surface area contributed by atoms with Crippen LogP contribution in [0.4, 0.5) is 0 Å². The molecule has 3 rings (SSSR count). The summed E-state index contributed by atoms with van der Waals surface area (Å²) in [6.45, 7) is 0.853. The minimum Gasteiger partial charge on any atom is -0.504 e. The summed E-state index contributed by atoms with van der Waals surface area (Å²) in [6, 6.07) is 9.24. The van der Waals surface area contributed by atoms with E-state index in [9.17, 15) is 10.2 Å². The fourth-order valence-corrected chi connectivity index (χ4v) is 3.10. The monoisotopic (exact) mass is 315 g/mol. The van der Waals surface area contributed by atoms with E-state index in [1.54, 1.807) is 25.3 Å². The van der Waals surface area contributed by atoms with Crippen molar-refractivity contribution in [1.82, 2.24) is 5.32 Å². The molecule has 1 aliphatic rings. The summed E-state index contributed by atoms with van der Waals surface area (Å²) in [6.07, 6.45) is 1.61. The molecule has 0 saturated carbocycles. The summed E-state index contributed by atoms with van der Waals surface area (Å²) in [4.78, 5) is 0. The Morgan fingerprint density at radius 2 is 1.78 bits per heavy atom. The molecular formula is C18H21NO4. The molecule has 1 aliphatic heterocycles. The first-order chi connectivity index (χ1) is 11.1. The number of methoxy groups -OCH3 is 2. The molecular weight excluding hydrogens is 294 g/mol. The minimum absolute atomic E-state index is 0.112. The number of aromatic hydroxyl groups is 2. The van der Waals surface area contributed by atoms with E-state index in [-0.39, 0.29) is 17.5 Å². The number of nitrogens with one attached hydrogen (secondary N) is 1. The van der Waals surface area contributed by atoms with Crippen molar-refractivity contribution in [3.8, 4) is 23.0 Å². The van der Waals surface area contributed by atoms with Gasteiger partial charge >= 0.3 is 0 Å². The molecule has 0 aliphatic carbocycles. The fourth-order valence-electron chi connectivity index (χ4n) is 3.10. The number of hydrogen-bond donors (Lipinski definition) is 3. The second kappa shape index (κ2) is 6.38. The lowest BCUT2D eigenvalue weighted by Gasteiger charge is -2.28. The quantitative estimate of drug-likeness (QED) is 0.809. The van der Waals surface area contributed by atoms with Crippen molar-refractivity contribution >= 4 is 0 Å². The third-order valence-corrected chi connectivity index (χ3v) is 4.28. The van der Waals surface area contributed by atoms with Crippen LogP contribution in [0.2, 0.25) is 0 Å². The van der Waals surface area contributed by atoms with Gasteiger partial charge in [0.25, 0.3) is 0 Å². The maximum Gasteiger partial charge on any atom is 0.160 e. The van der Waals surface area contributed by atoms with Crippen LogP contribution in [-0.2, 0) is 12.8 Å². The zero-order chi connectivity index (χ0) is 16.4. The molecule has 1 atom stereocenters. The Balaban J connectivity index is 1.89. The van der Waals surface area contributed by atoms with Gasteiger partial charge in [-0.1, -0.05) is 6.07 Å². The fraction of sp³-hybridized carbons (Fsp3) is 0.333. The summed E-state index contributed by atoms with van der Waals surface area (Å²) < 4.78 is 10.3. The van der Waals surface area contributed by atoms with Crippen molar-refractivity contribution in [2.75, 3.05) is 20.8 Å². The zero-order valence-corrected chi connectivity index (χ0v) is 13.3. The van der Waals surface area contributed by atoms with E-state index < -0.39 is 0 Å². The van der Waals surface area contributed by atoms with Gasteiger partial charge in [-0.3, -0.25) is 0 Å². The first-order valence-electron chi connectivity index (χ1n) is 7.61. The smallest absolute Gasteiger partial charge is 0.160 e. The molecule has 2 aromatic carbocycles. The lowest BCUT2D eigenvalue weighted by atomic mass is 9.90. The average molecular weight is 315 g/mol. The summed E-state index contributed by atoms with van der Waals surface area (Å²) in [5.41, 5.74) is 3.27. The van der Waals surface area contributed by atoms with Crippen molar-refractivity contribution in [3.63, 3.8) is 0 Å². The Kier molecular flexibility index (Phi) is 4.30. The first kappa shape index (κ1) is 15.5. The van der Waals surface area contributed by atoms with Gasteiger partial charge in [0.1, 0.15) is 0 Å². The molecule has 0 spiro atoms. The van der Waals surface area contributed by atoms with Gasteiger partial charge in [-0.05, 0) is 60.3 Å². The molecule has 122 valence electrons. The topological polar surface area (TPSA) is 71.0 Å². The van der Waals surface area contributed by atoms with Crippen LogP contribution in [-0.4, -0.2) is 31.0 Å². The first-order valence-corrected chi connectivity index (χ1v) is 7.61. The number of phenolic OH excluding ortho intramolecular Hbond substituents is 2. The van der Waals surface area contributed by atoms with Gasteiger partial charge in [0.15, 0.2) is 23.0 Å². The van der Waals surface area contributed by atoms with Gasteiger partial charge in [0, 0.05) is 6.04 Å². The lowest BCUT2D eigenvalue weighted by molar-refractivity contribution is 0.369. The molecule has 1 heterocycles. The molecule has 0 fully saturated rings. The van der Waals surface area contributed by atoms with Crippen molar-refractivity contribution in [2.24, 2.45) is 0 Å². The number of hydrogen-bond acceptors (Lipinski definition) is 5. The minimum atomic E-state index is 0.112. The predicted octanol–water partition coefficient (Wildman–Crippen LogP) is 2.54. The number of phenols is 2. The SMILES string of the molecule is COc1ccc(C[C@@H]2NCCc3cc(O)c(OC)cc32)cc1O. The van der Waals surface area contributed by atoms with Crippen LogP contribution in [0.1, 0.15) is 22.7 Å². The second-order valence-electron chi connectivity index (χ2n) is 5.69. The average Bonchev–Trinajstić information content (AvgIpc) is 2.54. The Bertz CT molecular complexity index is 714. The molecule has 2 aromatic rings. The van der Waals surface area contributed by atoms with Crippen molar-refractivity contribution in [2.45, 2.75) is 18.9 Å². The van der Waals surface area contributed by atoms with Crippen LogP contribution in [0.3, 0.4) is 0 Å². The van der Waals surface area contributed by atoms with E-state index in [0.29, 0.717) is 11.5 Å². The van der Waals surface area contributed by atoms with Gasteiger partial charge in [0.05, 0.1) is 14.2 Å². The molecule has 5 nitrogen and oxygen atoms in total. The van der Waals surface area contributed by atoms with Gasteiger partial charge in [0.2, 0.25) is 0 Å². The molecule has 0 aromatic heterocycles. The van der Waals surface area contributed by atoms with E-state index in [4.69, 9.17) is 9.47 Å². The molecule has 23 heavy (non-hydrogen) atoms. The highest BCUT2D eigenvalue weighted by molar-refractivity contribution is 5.49. The Morgan fingerprint density at radius 3 is 2.48 bits per heavy atom. The van der Waals surface area contributed by atoms with Crippen LogP contribution in [0.15, 0.2) is 30.3 Å². The van der Waals surface area contributed by atoms with E-state index in [2.05, 4.69) is 5.32 Å². The van der Waals surface area contributed by atoms with Crippen molar-refractivity contribution < 1.29 is 19.7 Å². The molecule has 5 heteroatoms. The Labute approximate surface area is 135 Å². The van der Waals surface area contributed by atoms with Crippen LogP contribution < -0.4 is 14.8 Å². The third kappa shape index (κ3) is 3.05. The summed E-state index contributed by atoms with van der Waals surface area (Å²) in [5.74, 6) is 1.27. The molecule has 0 radical (unpaired) electrons. The highest BCUT2D eigenvalue weighted by Crippen LogP contribution is 2.36. The van der Waals surface area contributed by atoms with Crippen LogP contribution in [0.25, 0.3) is 0 Å². The highest BCUT2D eigenvalue weighted by Gasteiger charge is 2.22. The lowest BCUT2D eigenvalue weighted by Crippen LogP contribution is -2.31. The highest BCUT2D eigenvalue weighted by atomic mass is 16.5. The zero-order valence-electron chi connectivity index (χ0n) is 13.3. The molecule has 0 unspecified atom stereocenters. The normalized spacial score (nSPS) is 16.7.